The maximum absolute atomic E-state index is 13.0. The monoisotopic (exact) mass is 467 g/mol. The zero-order chi connectivity index (χ0) is 23.1. The summed E-state index contributed by atoms with van der Waals surface area (Å²) in [7, 11) is -3.81. The molecule has 10 heteroatoms. The fraction of sp³-hybridized carbons (Fsp3) is 0.217. The van der Waals surface area contributed by atoms with E-state index in [-0.39, 0.29) is 4.90 Å². The van der Waals surface area contributed by atoms with Crippen molar-refractivity contribution in [2.24, 2.45) is 0 Å². The predicted molar refractivity (Wildman–Crippen MR) is 127 cm³/mol. The van der Waals surface area contributed by atoms with Gasteiger partial charge in [-0.15, -0.1) is 0 Å². The molecule has 33 heavy (non-hydrogen) atoms. The second-order valence-corrected chi connectivity index (χ2v) is 9.10. The number of aromatic nitrogens is 1. The minimum Gasteiger partial charge on any atom is -0.378 e. The van der Waals surface area contributed by atoms with Gasteiger partial charge in [-0.25, -0.2) is 13.2 Å². The number of rotatable bonds is 7. The minimum atomic E-state index is -3.81. The number of benzene rings is 2. The van der Waals surface area contributed by atoms with Gasteiger partial charge in [0.1, 0.15) is 0 Å². The summed E-state index contributed by atoms with van der Waals surface area (Å²) in [5, 5.41) is 5.42. The molecule has 172 valence electrons. The van der Waals surface area contributed by atoms with Gasteiger partial charge in [0, 0.05) is 37.7 Å². The number of ether oxygens (including phenoxy) is 1. The number of amides is 2. The Labute approximate surface area is 192 Å². The van der Waals surface area contributed by atoms with Gasteiger partial charge in [0.2, 0.25) is 0 Å². The van der Waals surface area contributed by atoms with Crippen molar-refractivity contribution in [1.82, 2.24) is 10.3 Å². The lowest BCUT2D eigenvalue weighted by atomic mass is 10.2. The number of hydrogen-bond donors (Lipinski definition) is 3. The largest absolute Gasteiger partial charge is 0.378 e. The number of carbonyl (C=O) groups excluding carboxylic acids is 1. The predicted octanol–water partition coefficient (Wildman–Crippen LogP) is 3.04. The molecule has 0 aliphatic carbocycles. The van der Waals surface area contributed by atoms with Gasteiger partial charge in [-0.2, -0.15) is 0 Å². The van der Waals surface area contributed by atoms with Crippen LogP contribution in [-0.4, -0.2) is 45.7 Å². The number of hydrogen-bond acceptors (Lipinski definition) is 6. The third-order valence-electron chi connectivity index (χ3n) is 5.10. The molecule has 2 heterocycles. The highest BCUT2D eigenvalue weighted by atomic mass is 32.2. The van der Waals surface area contributed by atoms with Gasteiger partial charge in [0.25, 0.3) is 10.0 Å². The Bertz CT molecular complexity index is 1180. The Hall–Kier alpha value is -3.63. The van der Waals surface area contributed by atoms with E-state index in [0.717, 1.165) is 11.3 Å². The Morgan fingerprint density at radius 2 is 1.76 bits per heavy atom. The lowest BCUT2D eigenvalue weighted by Gasteiger charge is -2.30. The molecular formula is C23H25N5O4S. The van der Waals surface area contributed by atoms with Gasteiger partial charge >= 0.3 is 6.03 Å². The average molecular weight is 468 g/mol. The minimum absolute atomic E-state index is 0.0978. The van der Waals surface area contributed by atoms with Crippen LogP contribution in [0.15, 0.2) is 78.0 Å². The molecule has 1 fully saturated rings. The van der Waals surface area contributed by atoms with Gasteiger partial charge in [0.15, 0.2) is 0 Å². The zero-order valence-corrected chi connectivity index (χ0v) is 18.7. The van der Waals surface area contributed by atoms with Gasteiger partial charge in [-0.05, 0) is 48.0 Å². The number of sulfonamides is 1. The average Bonchev–Trinajstić information content (AvgIpc) is 2.84. The van der Waals surface area contributed by atoms with E-state index in [1.807, 2.05) is 18.2 Å². The van der Waals surface area contributed by atoms with Crippen molar-refractivity contribution >= 4 is 33.1 Å². The summed E-state index contributed by atoms with van der Waals surface area (Å²) in [6.45, 7) is 2.93. The summed E-state index contributed by atoms with van der Waals surface area (Å²) in [5.41, 5.74) is 2.67. The number of nitrogens with zero attached hydrogens (tertiary/aromatic N) is 2. The number of urea groups is 1. The standard InChI is InChI=1S/C23H25N5O4S/c29-23(25-17-18-4-3-11-24-16-18)26-19-7-9-20(10-8-19)33(30,31)27-21-5-1-2-6-22(21)28-12-14-32-15-13-28/h1-11,16,27H,12-15,17H2,(H2,25,26,29). The first-order valence-electron chi connectivity index (χ1n) is 10.5. The maximum atomic E-state index is 13.0. The molecule has 3 N–H and O–H groups in total. The number of carbonyl (C=O) groups is 1. The van der Waals surface area contributed by atoms with Crippen LogP contribution < -0.4 is 20.3 Å². The van der Waals surface area contributed by atoms with Crippen LogP contribution in [0.4, 0.5) is 21.9 Å². The molecule has 0 atom stereocenters. The van der Waals surface area contributed by atoms with Crippen molar-refractivity contribution in [3.8, 4) is 0 Å². The van der Waals surface area contributed by atoms with E-state index in [4.69, 9.17) is 4.74 Å². The summed E-state index contributed by atoms with van der Waals surface area (Å²) in [5.74, 6) is 0. The van der Waals surface area contributed by atoms with Crippen LogP contribution in [0.25, 0.3) is 0 Å². The van der Waals surface area contributed by atoms with Crippen LogP contribution in [-0.2, 0) is 21.3 Å². The van der Waals surface area contributed by atoms with Crippen molar-refractivity contribution < 1.29 is 17.9 Å². The van der Waals surface area contributed by atoms with E-state index >= 15 is 0 Å². The topological polar surface area (TPSA) is 113 Å². The normalized spacial score (nSPS) is 13.9. The Kier molecular flexibility index (Phi) is 7.06. The molecule has 3 aromatic rings. The first-order chi connectivity index (χ1) is 16.0. The van der Waals surface area contributed by atoms with Crippen LogP contribution in [0.1, 0.15) is 5.56 Å². The molecule has 0 spiro atoms. The van der Waals surface area contributed by atoms with E-state index in [1.54, 1.807) is 42.7 Å². The van der Waals surface area contributed by atoms with Crippen molar-refractivity contribution in [1.29, 1.82) is 0 Å². The molecule has 1 aliphatic heterocycles. The van der Waals surface area contributed by atoms with Crippen molar-refractivity contribution in [2.45, 2.75) is 11.4 Å². The van der Waals surface area contributed by atoms with Crippen LogP contribution in [0.5, 0.6) is 0 Å². The van der Waals surface area contributed by atoms with Crippen LogP contribution in [0, 0.1) is 0 Å². The molecule has 9 nitrogen and oxygen atoms in total. The molecule has 0 radical (unpaired) electrons. The molecule has 0 saturated carbocycles. The zero-order valence-electron chi connectivity index (χ0n) is 17.9. The lowest BCUT2D eigenvalue weighted by Crippen LogP contribution is -2.36. The van der Waals surface area contributed by atoms with E-state index in [1.165, 1.54) is 12.1 Å². The second kappa shape index (κ2) is 10.3. The molecule has 4 rings (SSSR count). The van der Waals surface area contributed by atoms with E-state index in [9.17, 15) is 13.2 Å². The molecule has 1 saturated heterocycles. The smallest absolute Gasteiger partial charge is 0.319 e. The number of nitrogens with one attached hydrogen (secondary N) is 3. The van der Waals surface area contributed by atoms with Gasteiger partial charge < -0.3 is 20.3 Å². The second-order valence-electron chi connectivity index (χ2n) is 7.42. The number of para-hydroxylation sites is 2. The summed E-state index contributed by atoms with van der Waals surface area (Å²) < 4.78 is 34.0. The number of morpholine rings is 1. The van der Waals surface area contributed by atoms with Crippen LogP contribution >= 0.6 is 0 Å². The summed E-state index contributed by atoms with van der Waals surface area (Å²) in [6, 6.07) is 16.6. The van der Waals surface area contributed by atoms with Crippen LogP contribution in [0.3, 0.4) is 0 Å². The Morgan fingerprint density at radius 3 is 2.48 bits per heavy atom. The Morgan fingerprint density at radius 1 is 1.00 bits per heavy atom. The highest BCUT2D eigenvalue weighted by molar-refractivity contribution is 7.92. The molecule has 2 aromatic carbocycles. The summed E-state index contributed by atoms with van der Waals surface area (Å²) >= 11 is 0. The lowest BCUT2D eigenvalue weighted by molar-refractivity contribution is 0.123. The molecule has 1 aromatic heterocycles. The van der Waals surface area contributed by atoms with E-state index in [2.05, 4.69) is 25.2 Å². The van der Waals surface area contributed by atoms with E-state index in [0.29, 0.717) is 44.2 Å². The maximum Gasteiger partial charge on any atom is 0.319 e. The highest BCUT2D eigenvalue weighted by Crippen LogP contribution is 2.28. The molecule has 0 unspecified atom stereocenters. The summed E-state index contributed by atoms with van der Waals surface area (Å²) in [6.07, 6.45) is 3.33. The van der Waals surface area contributed by atoms with Crippen molar-refractivity contribution in [3.05, 3.63) is 78.6 Å². The first-order valence-corrected chi connectivity index (χ1v) is 12.0. The van der Waals surface area contributed by atoms with Gasteiger partial charge in [0.05, 0.1) is 29.5 Å². The fourth-order valence-electron chi connectivity index (χ4n) is 3.42. The molecule has 1 aliphatic rings. The number of anilines is 3. The third-order valence-corrected chi connectivity index (χ3v) is 6.48. The molecule has 2 amide bonds. The van der Waals surface area contributed by atoms with Crippen molar-refractivity contribution in [2.75, 3.05) is 41.2 Å². The quantitative estimate of drug-likeness (QED) is 0.492. The molecule has 0 bridgehead atoms. The number of pyridine rings is 1. The van der Waals surface area contributed by atoms with Gasteiger partial charge in [-0.1, -0.05) is 18.2 Å². The highest BCUT2D eigenvalue weighted by Gasteiger charge is 2.19. The molecular weight excluding hydrogens is 442 g/mol. The van der Waals surface area contributed by atoms with E-state index < -0.39 is 16.1 Å². The SMILES string of the molecule is O=C(NCc1cccnc1)Nc1ccc(S(=O)(=O)Nc2ccccc2N2CCOCC2)cc1. The fourth-order valence-corrected chi connectivity index (χ4v) is 4.50. The van der Waals surface area contributed by atoms with Crippen molar-refractivity contribution in [3.63, 3.8) is 0 Å². The summed E-state index contributed by atoms with van der Waals surface area (Å²) in [4.78, 5) is 18.3. The Balaban J connectivity index is 1.39. The first kappa shape index (κ1) is 22.6. The third kappa shape index (κ3) is 5.99. The van der Waals surface area contributed by atoms with Gasteiger partial charge in [-0.3, -0.25) is 9.71 Å². The van der Waals surface area contributed by atoms with Crippen LogP contribution in [0.2, 0.25) is 0 Å².